The van der Waals surface area contributed by atoms with Crippen LogP contribution in [0.2, 0.25) is 0 Å². The maximum absolute atomic E-state index is 11.8. The van der Waals surface area contributed by atoms with E-state index in [2.05, 4.69) is 15.2 Å². The molecule has 0 bridgehead atoms. The van der Waals surface area contributed by atoms with Crippen LogP contribution in [0.15, 0.2) is 30.5 Å². The number of alkyl carbamates (subject to hydrolysis) is 1. The summed E-state index contributed by atoms with van der Waals surface area (Å²) in [4.78, 5) is 31.2. The van der Waals surface area contributed by atoms with Crippen LogP contribution in [-0.4, -0.2) is 60.4 Å². The molecule has 1 saturated heterocycles. The quantitative estimate of drug-likeness (QED) is 0.428. The first-order valence-electron chi connectivity index (χ1n) is 11.2. The summed E-state index contributed by atoms with van der Waals surface area (Å²) in [6.07, 6.45) is 4.06. The number of carbonyl (C=O) groups is 2. The standard InChI is InChI=1S/C24H33N3O5S/c1-24(2,3)32-23(29)26-16-19-15-25-21(33-19)17-8-10-18(11-9-17)31-14-6-13-27-12-5-7-20(27)22(28)30-4/h8-11,15,20H,5-7,12-14,16H2,1-4H3,(H,26,29)/t20-/m0/s1. The minimum Gasteiger partial charge on any atom is -0.494 e. The maximum atomic E-state index is 11.8. The first-order chi connectivity index (χ1) is 15.7. The van der Waals surface area contributed by atoms with Gasteiger partial charge in [0.15, 0.2) is 0 Å². The van der Waals surface area contributed by atoms with Gasteiger partial charge >= 0.3 is 12.1 Å². The molecule has 8 nitrogen and oxygen atoms in total. The number of esters is 1. The lowest BCUT2D eigenvalue weighted by Gasteiger charge is -2.22. The number of likely N-dealkylation sites (tertiary alicyclic amines) is 1. The fraction of sp³-hybridized carbons (Fsp3) is 0.542. The first-order valence-corrected chi connectivity index (χ1v) is 12.0. The zero-order chi connectivity index (χ0) is 23.8. The molecule has 180 valence electrons. The van der Waals surface area contributed by atoms with Crippen LogP contribution in [0, 0.1) is 0 Å². The largest absolute Gasteiger partial charge is 0.494 e. The van der Waals surface area contributed by atoms with Crippen LogP contribution in [0.4, 0.5) is 4.79 Å². The van der Waals surface area contributed by atoms with Crippen molar-refractivity contribution in [3.05, 3.63) is 35.3 Å². The molecule has 1 N–H and O–H groups in total. The van der Waals surface area contributed by atoms with Gasteiger partial charge in [-0.05, 0) is 70.8 Å². The molecule has 9 heteroatoms. The van der Waals surface area contributed by atoms with Crippen LogP contribution in [0.1, 0.15) is 44.9 Å². The number of nitrogens with one attached hydrogen (secondary N) is 1. The second kappa shape index (κ2) is 11.5. The molecule has 1 fully saturated rings. The van der Waals surface area contributed by atoms with Crippen LogP contribution in [0.3, 0.4) is 0 Å². The van der Waals surface area contributed by atoms with Gasteiger partial charge < -0.3 is 19.5 Å². The zero-order valence-corrected chi connectivity index (χ0v) is 20.6. The number of hydrogen-bond donors (Lipinski definition) is 1. The molecule has 1 atom stereocenters. The van der Waals surface area contributed by atoms with E-state index in [0.717, 1.165) is 53.5 Å². The van der Waals surface area contributed by atoms with Crippen molar-refractivity contribution < 1.29 is 23.8 Å². The number of rotatable bonds is 9. The van der Waals surface area contributed by atoms with Crippen molar-refractivity contribution in [1.29, 1.82) is 0 Å². The Morgan fingerprint density at radius 3 is 2.70 bits per heavy atom. The lowest BCUT2D eigenvalue weighted by molar-refractivity contribution is -0.145. The Bertz CT molecular complexity index is 923. The Hall–Kier alpha value is -2.65. The number of nitrogens with zero attached hydrogens (tertiary/aromatic N) is 2. The highest BCUT2D eigenvalue weighted by Gasteiger charge is 2.30. The van der Waals surface area contributed by atoms with Gasteiger partial charge in [-0.2, -0.15) is 0 Å². The van der Waals surface area contributed by atoms with Gasteiger partial charge in [0.1, 0.15) is 22.4 Å². The van der Waals surface area contributed by atoms with E-state index in [1.165, 1.54) is 18.4 Å². The number of thiazole rings is 1. The van der Waals surface area contributed by atoms with E-state index in [1.807, 2.05) is 45.0 Å². The van der Waals surface area contributed by atoms with Gasteiger partial charge in [-0.3, -0.25) is 9.69 Å². The molecular weight excluding hydrogens is 442 g/mol. The summed E-state index contributed by atoms with van der Waals surface area (Å²) >= 11 is 1.53. The monoisotopic (exact) mass is 475 g/mol. The predicted octanol–water partition coefficient (Wildman–Crippen LogP) is 4.24. The number of amides is 1. The minimum absolute atomic E-state index is 0.114. The SMILES string of the molecule is COC(=O)[C@@H]1CCCN1CCCOc1ccc(-c2ncc(CNC(=O)OC(C)(C)C)s2)cc1. The van der Waals surface area contributed by atoms with E-state index in [9.17, 15) is 9.59 Å². The van der Waals surface area contributed by atoms with Gasteiger partial charge in [0, 0.05) is 23.2 Å². The molecule has 1 aromatic heterocycles. The minimum atomic E-state index is -0.521. The molecule has 1 aliphatic rings. The summed E-state index contributed by atoms with van der Waals surface area (Å²) in [5.41, 5.74) is 0.473. The van der Waals surface area contributed by atoms with E-state index >= 15 is 0 Å². The molecule has 3 rings (SSSR count). The second-order valence-electron chi connectivity index (χ2n) is 8.93. The van der Waals surface area contributed by atoms with E-state index < -0.39 is 11.7 Å². The first kappa shape index (κ1) is 25.0. The summed E-state index contributed by atoms with van der Waals surface area (Å²) in [5, 5.41) is 3.63. The fourth-order valence-corrected chi connectivity index (χ4v) is 4.50. The lowest BCUT2D eigenvalue weighted by atomic mass is 10.2. The van der Waals surface area contributed by atoms with Crippen LogP contribution >= 0.6 is 11.3 Å². The number of carbonyl (C=O) groups excluding carboxylic acids is 2. The number of methoxy groups -OCH3 is 1. The molecule has 0 aliphatic carbocycles. The van der Waals surface area contributed by atoms with Crippen molar-refractivity contribution in [3.8, 4) is 16.3 Å². The van der Waals surface area contributed by atoms with Gasteiger partial charge in [0.05, 0.1) is 20.3 Å². The molecule has 1 aromatic carbocycles. The third-order valence-corrected chi connectivity index (χ3v) is 6.20. The molecule has 33 heavy (non-hydrogen) atoms. The third kappa shape index (κ3) is 7.71. The van der Waals surface area contributed by atoms with Crippen LogP contribution < -0.4 is 10.1 Å². The van der Waals surface area contributed by atoms with Crippen LogP contribution in [0.5, 0.6) is 5.75 Å². The van der Waals surface area contributed by atoms with Gasteiger partial charge in [0.25, 0.3) is 0 Å². The van der Waals surface area contributed by atoms with E-state index in [0.29, 0.717) is 13.2 Å². The highest BCUT2D eigenvalue weighted by Crippen LogP contribution is 2.27. The Kier molecular flexibility index (Phi) is 8.68. The average molecular weight is 476 g/mol. The van der Waals surface area contributed by atoms with Crippen LogP contribution in [-0.2, 0) is 20.8 Å². The third-order valence-electron chi connectivity index (χ3n) is 5.16. The molecule has 2 aromatic rings. The summed E-state index contributed by atoms with van der Waals surface area (Å²) in [6.45, 7) is 8.20. The van der Waals surface area contributed by atoms with Gasteiger partial charge in [-0.15, -0.1) is 11.3 Å². The zero-order valence-electron chi connectivity index (χ0n) is 19.8. The second-order valence-corrected chi connectivity index (χ2v) is 10.0. The Morgan fingerprint density at radius 1 is 1.24 bits per heavy atom. The van der Waals surface area contributed by atoms with Crippen molar-refractivity contribution >= 4 is 23.4 Å². The number of hydrogen-bond acceptors (Lipinski definition) is 8. The number of ether oxygens (including phenoxy) is 3. The van der Waals surface area contributed by atoms with Crippen molar-refractivity contribution in [2.45, 2.75) is 58.2 Å². The summed E-state index contributed by atoms with van der Waals surface area (Å²) in [6, 6.07) is 7.71. The smallest absolute Gasteiger partial charge is 0.407 e. The number of aromatic nitrogens is 1. The van der Waals surface area contributed by atoms with Gasteiger partial charge in [-0.1, -0.05) is 0 Å². The highest BCUT2D eigenvalue weighted by molar-refractivity contribution is 7.15. The molecule has 0 unspecified atom stereocenters. The van der Waals surface area contributed by atoms with E-state index in [1.54, 1.807) is 6.20 Å². The topological polar surface area (TPSA) is 90.0 Å². The van der Waals surface area contributed by atoms with Crippen molar-refractivity contribution in [3.63, 3.8) is 0 Å². The van der Waals surface area contributed by atoms with Gasteiger partial charge in [0.2, 0.25) is 0 Å². The Labute approximate surface area is 199 Å². The van der Waals surface area contributed by atoms with Crippen molar-refractivity contribution in [2.75, 3.05) is 26.8 Å². The highest BCUT2D eigenvalue weighted by atomic mass is 32.1. The van der Waals surface area contributed by atoms with E-state index in [4.69, 9.17) is 14.2 Å². The molecule has 0 saturated carbocycles. The van der Waals surface area contributed by atoms with Crippen molar-refractivity contribution in [1.82, 2.24) is 15.2 Å². The summed E-state index contributed by atoms with van der Waals surface area (Å²) < 4.78 is 16.0. The molecule has 1 aliphatic heterocycles. The van der Waals surface area contributed by atoms with Gasteiger partial charge in [-0.25, -0.2) is 9.78 Å². The normalized spacial score (nSPS) is 16.4. The average Bonchev–Trinajstić information content (AvgIpc) is 3.44. The molecule has 0 radical (unpaired) electrons. The lowest BCUT2D eigenvalue weighted by Crippen LogP contribution is -2.37. The summed E-state index contributed by atoms with van der Waals surface area (Å²) in [7, 11) is 1.44. The Balaban J connectivity index is 1.42. The number of benzene rings is 1. The molecule has 2 heterocycles. The molecule has 1 amide bonds. The fourth-order valence-electron chi connectivity index (χ4n) is 3.64. The van der Waals surface area contributed by atoms with Crippen molar-refractivity contribution in [2.24, 2.45) is 0 Å². The molecule has 0 spiro atoms. The molecular formula is C24H33N3O5S. The van der Waals surface area contributed by atoms with Crippen LogP contribution in [0.25, 0.3) is 10.6 Å². The maximum Gasteiger partial charge on any atom is 0.407 e. The Morgan fingerprint density at radius 2 is 2.00 bits per heavy atom. The van der Waals surface area contributed by atoms with E-state index in [-0.39, 0.29) is 12.0 Å². The summed E-state index contributed by atoms with van der Waals surface area (Å²) in [5.74, 6) is 0.656. The predicted molar refractivity (Wildman–Crippen MR) is 127 cm³/mol.